The largest absolute Gasteiger partial charge is 0.487 e. The Morgan fingerprint density at radius 2 is 1.28 bits per heavy atom. The SMILES string of the molecule is O[C@@H](CNC[C@H](O)[C@@H]1CCc2cc(F)ccc2O1)C1CCc2cc(F)ccc2O1. The van der Waals surface area contributed by atoms with Crippen molar-refractivity contribution in [3.8, 4) is 11.5 Å². The van der Waals surface area contributed by atoms with E-state index in [9.17, 15) is 19.0 Å². The smallest absolute Gasteiger partial charge is 0.126 e. The molecule has 0 spiro atoms. The van der Waals surface area contributed by atoms with E-state index in [0.29, 0.717) is 37.2 Å². The summed E-state index contributed by atoms with van der Waals surface area (Å²) in [6.07, 6.45) is 0.214. The normalized spacial score (nSPS) is 22.6. The molecule has 0 aromatic heterocycles. The number of nitrogens with one attached hydrogen (secondary N) is 1. The van der Waals surface area contributed by atoms with Gasteiger partial charge in [-0.05, 0) is 73.2 Å². The van der Waals surface area contributed by atoms with E-state index in [0.717, 1.165) is 11.1 Å². The molecule has 2 heterocycles. The lowest BCUT2D eigenvalue weighted by Gasteiger charge is -2.31. The lowest BCUT2D eigenvalue weighted by Crippen LogP contribution is -2.46. The molecule has 7 heteroatoms. The highest BCUT2D eigenvalue weighted by Crippen LogP contribution is 2.30. The van der Waals surface area contributed by atoms with Crippen LogP contribution in [0.4, 0.5) is 8.78 Å². The van der Waals surface area contributed by atoms with Crippen LogP contribution in [0.1, 0.15) is 24.0 Å². The van der Waals surface area contributed by atoms with E-state index in [-0.39, 0.29) is 36.9 Å². The zero-order valence-corrected chi connectivity index (χ0v) is 16.0. The molecule has 4 atom stereocenters. The van der Waals surface area contributed by atoms with Crippen molar-refractivity contribution in [2.75, 3.05) is 13.1 Å². The molecule has 156 valence electrons. The molecule has 0 bridgehead atoms. The fraction of sp³-hybridized carbons (Fsp3) is 0.455. The van der Waals surface area contributed by atoms with Crippen LogP contribution in [0.25, 0.3) is 0 Å². The first kappa shape index (κ1) is 20.1. The Morgan fingerprint density at radius 1 is 0.828 bits per heavy atom. The Hall–Kier alpha value is -2.22. The second kappa shape index (κ2) is 8.65. The van der Waals surface area contributed by atoms with Gasteiger partial charge >= 0.3 is 0 Å². The number of halogens is 2. The highest BCUT2D eigenvalue weighted by molar-refractivity contribution is 5.36. The molecule has 5 nitrogen and oxygen atoms in total. The summed E-state index contributed by atoms with van der Waals surface area (Å²) >= 11 is 0. The lowest BCUT2D eigenvalue weighted by atomic mass is 9.98. The lowest BCUT2D eigenvalue weighted by molar-refractivity contribution is 0.00892. The third kappa shape index (κ3) is 4.69. The van der Waals surface area contributed by atoms with Gasteiger partial charge in [0.1, 0.15) is 47.5 Å². The Labute approximate surface area is 168 Å². The zero-order chi connectivity index (χ0) is 20.4. The molecule has 2 aliphatic rings. The van der Waals surface area contributed by atoms with Gasteiger partial charge in [0.05, 0.1) is 0 Å². The maximum atomic E-state index is 13.3. The van der Waals surface area contributed by atoms with Crippen LogP contribution in [-0.4, -0.2) is 47.7 Å². The molecule has 0 aliphatic carbocycles. The number of hydrogen-bond acceptors (Lipinski definition) is 5. The van der Waals surface area contributed by atoms with Crippen LogP contribution in [0, 0.1) is 11.6 Å². The molecule has 2 aromatic rings. The molecule has 1 unspecified atom stereocenters. The van der Waals surface area contributed by atoms with Crippen molar-refractivity contribution in [2.24, 2.45) is 0 Å². The summed E-state index contributed by atoms with van der Waals surface area (Å²) in [7, 11) is 0. The first-order valence-electron chi connectivity index (χ1n) is 9.96. The first-order chi connectivity index (χ1) is 14.0. The van der Waals surface area contributed by atoms with Crippen LogP contribution < -0.4 is 14.8 Å². The van der Waals surface area contributed by atoms with Gasteiger partial charge in [-0.3, -0.25) is 0 Å². The Kier molecular flexibility index (Phi) is 5.99. The number of hydrogen-bond donors (Lipinski definition) is 3. The van der Waals surface area contributed by atoms with Crippen LogP contribution in [-0.2, 0) is 12.8 Å². The topological polar surface area (TPSA) is 71.0 Å². The van der Waals surface area contributed by atoms with Crippen molar-refractivity contribution < 1.29 is 28.5 Å². The van der Waals surface area contributed by atoms with Gasteiger partial charge in [-0.15, -0.1) is 0 Å². The standard InChI is InChI=1S/C22H25F2NO4/c23-15-3-7-19-13(9-15)1-5-21(28-19)17(26)11-25-12-18(27)22-6-2-14-10-16(24)4-8-20(14)29-22/h3-4,7-10,17-18,21-22,25-27H,1-2,5-6,11-12H2/t17-,18-,21-,22?/m0/s1. The van der Waals surface area contributed by atoms with Crippen LogP contribution in [0.2, 0.25) is 0 Å². The van der Waals surface area contributed by atoms with Gasteiger partial charge in [-0.1, -0.05) is 0 Å². The van der Waals surface area contributed by atoms with E-state index < -0.39 is 12.2 Å². The number of aryl methyl sites for hydroxylation is 2. The van der Waals surface area contributed by atoms with Gasteiger partial charge in [-0.25, -0.2) is 8.78 Å². The van der Waals surface area contributed by atoms with Gasteiger partial charge in [0.2, 0.25) is 0 Å². The number of aliphatic hydroxyl groups excluding tert-OH is 2. The maximum absolute atomic E-state index is 13.3. The van der Waals surface area contributed by atoms with Gasteiger partial charge < -0.3 is 25.0 Å². The predicted octanol–water partition coefficient (Wildman–Crippen LogP) is 2.36. The highest BCUT2D eigenvalue weighted by Gasteiger charge is 2.29. The van der Waals surface area contributed by atoms with E-state index in [4.69, 9.17) is 9.47 Å². The molecule has 0 saturated heterocycles. The Balaban J connectivity index is 1.24. The van der Waals surface area contributed by atoms with E-state index >= 15 is 0 Å². The van der Waals surface area contributed by atoms with Crippen molar-refractivity contribution in [1.82, 2.24) is 5.32 Å². The van der Waals surface area contributed by atoms with Crippen LogP contribution in [0.3, 0.4) is 0 Å². The molecule has 2 aromatic carbocycles. The minimum atomic E-state index is -0.753. The molecule has 2 aliphatic heterocycles. The second-order valence-electron chi connectivity index (χ2n) is 7.69. The Bertz CT molecular complexity index is 793. The number of aliphatic hydroxyl groups is 2. The summed E-state index contributed by atoms with van der Waals surface area (Å²) in [6.45, 7) is 0.513. The van der Waals surface area contributed by atoms with Gasteiger partial charge in [0.25, 0.3) is 0 Å². The van der Waals surface area contributed by atoms with Crippen molar-refractivity contribution in [3.05, 3.63) is 59.2 Å². The van der Waals surface area contributed by atoms with Crippen LogP contribution >= 0.6 is 0 Å². The average Bonchev–Trinajstić information content (AvgIpc) is 2.72. The fourth-order valence-electron chi connectivity index (χ4n) is 3.94. The minimum Gasteiger partial charge on any atom is -0.487 e. The van der Waals surface area contributed by atoms with Crippen LogP contribution in [0.15, 0.2) is 36.4 Å². The second-order valence-corrected chi connectivity index (χ2v) is 7.69. The first-order valence-corrected chi connectivity index (χ1v) is 9.96. The average molecular weight is 405 g/mol. The van der Waals surface area contributed by atoms with Crippen molar-refractivity contribution in [1.29, 1.82) is 0 Å². The molecule has 4 rings (SSSR count). The summed E-state index contributed by atoms with van der Waals surface area (Å²) in [5, 5.41) is 23.9. The summed E-state index contributed by atoms with van der Waals surface area (Å²) in [4.78, 5) is 0. The van der Waals surface area contributed by atoms with Crippen molar-refractivity contribution in [2.45, 2.75) is 50.1 Å². The summed E-state index contributed by atoms with van der Waals surface area (Å²) in [6, 6.07) is 8.79. The number of ether oxygens (including phenoxy) is 2. The molecule has 0 radical (unpaired) electrons. The molecular formula is C22H25F2NO4. The number of fused-ring (bicyclic) bond motifs is 2. The third-order valence-electron chi connectivity index (χ3n) is 5.56. The zero-order valence-electron chi connectivity index (χ0n) is 16.0. The van der Waals surface area contributed by atoms with Gasteiger partial charge in [0.15, 0.2) is 0 Å². The monoisotopic (exact) mass is 405 g/mol. The highest BCUT2D eigenvalue weighted by atomic mass is 19.1. The maximum Gasteiger partial charge on any atom is 0.126 e. The van der Waals surface area contributed by atoms with Gasteiger partial charge in [0, 0.05) is 13.1 Å². The summed E-state index contributed by atoms with van der Waals surface area (Å²) in [5.41, 5.74) is 1.62. The summed E-state index contributed by atoms with van der Waals surface area (Å²) < 4.78 is 38.2. The number of benzene rings is 2. The van der Waals surface area contributed by atoms with Crippen LogP contribution in [0.5, 0.6) is 11.5 Å². The van der Waals surface area contributed by atoms with Crippen molar-refractivity contribution >= 4 is 0 Å². The Morgan fingerprint density at radius 3 is 1.72 bits per heavy atom. The molecule has 29 heavy (non-hydrogen) atoms. The third-order valence-corrected chi connectivity index (χ3v) is 5.56. The molecular weight excluding hydrogens is 380 g/mol. The van der Waals surface area contributed by atoms with E-state index in [1.807, 2.05) is 0 Å². The van der Waals surface area contributed by atoms with E-state index in [2.05, 4.69) is 5.32 Å². The fourth-order valence-corrected chi connectivity index (χ4v) is 3.94. The van der Waals surface area contributed by atoms with Gasteiger partial charge in [-0.2, -0.15) is 0 Å². The van der Waals surface area contributed by atoms with Crippen molar-refractivity contribution in [3.63, 3.8) is 0 Å². The summed E-state index contributed by atoms with van der Waals surface area (Å²) in [5.74, 6) is 0.624. The molecule has 0 fully saturated rings. The predicted molar refractivity (Wildman–Crippen MR) is 103 cm³/mol. The molecule has 0 saturated carbocycles. The van der Waals surface area contributed by atoms with E-state index in [1.165, 1.54) is 24.3 Å². The van der Waals surface area contributed by atoms with E-state index in [1.54, 1.807) is 12.1 Å². The number of rotatable bonds is 6. The quantitative estimate of drug-likeness (QED) is 0.688. The molecule has 3 N–H and O–H groups in total. The minimum absolute atomic E-state index is 0.257. The molecule has 0 amide bonds.